The Hall–Kier alpha value is -1.07. The van der Waals surface area contributed by atoms with E-state index in [2.05, 4.69) is 25.7 Å². The summed E-state index contributed by atoms with van der Waals surface area (Å²) in [7, 11) is 1.97. The number of halogens is 3. The molecule has 0 amide bonds. The van der Waals surface area contributed by atoms with E-state index in [4.69, 9.17) is 5.73 Å². The van der Waals surface area contributed by atoms with E-state index < -0.39 is 11.7 Å². The molecule has 0 aliphatic rings. The monoisotopic (exact) mass is 288 g/mol. The van der Waals surface area contributed by atoms with Gasteiger partial charge in [-0.15, -0.1) is 0 Å². The second-order valence-corrected chi connectivity index (χ2v) is 6.48. The summed E-state index contributed by atoms with van der Waals surface area (Å²) in [6.07, 6.45) is -4.30. The maximum Gasteiger partial charge on any atom is 0.416 e. The quantitative estimate of drug-likeness (QED) is 0.915. The van der Waals surface area contributed by atoms with Gasteiger partial charge >= 0.3 is 6.18 Å². The van der Waals surface area contributed by atoms with Gasteiger partial charge in [0.05, 0.1) is 5.56 Å². The standard InChI is InChI=1S/C15H23F3N2/c1-14(2,3)10-20(4)9-13(19)11-5-7-12(8-6-11)15(16,17)18/h5-8,13H,9-10,19H2,1-4H3. The second kappa shape index (κ2) is 6.14. The maximum atomic E-state index is 12.5. The van der Waals surface area contributed by atoms with E-state index in [1.54, 1.807) is 0 Å². The van der Waals surface area contributed by atoms with Crippen molar-refractivity contribution < 1.29 is 13.2 Å². The third kappa shape index (κ3) is 5.51. The Kier molecular flexibility index (Phi) is 5.21. The van der Waals surface area contributed by atoms with Crippen LogP contribution in [0.2, 0.25) is 0 Å². The highest BCUT2D eigenvalue weighted by Crippen LogP contribution is 2.29. The Morgan fingerprint density at radius 1 is 1.10 bits per heavy atom. The maximum absolute atomic E-state index is 12.5. The molecule has 2 nitrogen and oxygen atoms in total. The molecule has 0 aliphatic carbocycles. The molecule has 0 heterocycles. The van der Waals surface area contributed by atoms with Crippen LogP contribution in [0.3, 0.4) is 0 Å². The second-order valence-electron chi connectivity index (χ2n) is 6.48. The number of nitrogens with zero attached hydrogens (tertiary/aromatic N) is 1. The largest absolute Gasteiger partial charge is 0.416 e. The number of rotatable bonds is 4. The molecule has 2 N–H and O–H groups in total. The summed E-state index contributed by atoms with van der Waals surface area (Å²) in [5.74, 6) is 0. The highest BCUT2D eigenvalue weighted by atomic mass is 19.4. The zero-order valence-corrected chi connectivity index (χ0v) is 12.5. The topological polar surface area (TPSA) is 29.3 Å². The van der Waals surface area contributed by atoms with Crippen molar-refractivity contribution in [1.29, 1.82) is 0 Å². The molecule has 0 aromatic heterocycles. The van der Waals surface area contributed by atoms with Crippen LogP contribution in [0.25, 0.3) is 0 Å². The van der Waals surface area contributed by atoms with E-state index in [1.807, 2.05) is 7.05 Å². The van der Waals surface area contributed by atoms with Crippen molar-refractivity contribution in [3.8, 4) is 0 Å². The summed E-state index contributed by atoms with van der Waals surface area (Å²) in [5.41, 5.74) is 6.29. The highest BCUT2D eigenvalue weighted by Gasteiger charge is 2.30. The lowest BCUT2D eigenvalue weighted by molar-refractivity contribution is -0.137. The molecule has 114 valence electrons. The molecule has 0 saturated carbocycles. The summed E-state index contributed by atoms with van der Waals surface area (Å²) in [4.78, 5) is 2.10. The van der Waals surface area contributed by atoms with Crippen molar-refractivity contribution in [2.24, 2.45) is 11.1 Å². The lowest BCUT2D eigenvalue weighted by Crippen LogP contribution is -2.35. The van der Waals surface area contributed by atoms with Crippen LogP contribution in [0.1, 0.15) is 37.9 Å². The highest BCUT2D eigenvalue weighted by molar-refractivity contribution is 5.26. The fraction of sp³-hybridized carbons (Fsp3) is 0.600. The normalized spacial score (nSPS) is 14.7. The van der Waals surface area contributed by atoms with Crippen molar-refractivity contribution >= 4 is 0 Å². The van der Waals surface area contributed by atoms with Crippen LogP contribution in [0.5, 0.6) is 0 Å². The van der Waals surface area contributed by atoms with Crippen LogP contribution in [-0.4, -0.2) is 25.0 Å². The van der Waals surface area contributed by atoms with Crippen molar-refractivity contribution in [2.45, 2.75) is 33.0 Å². The lowest BCUT2D eigenvalue weighted by Gasteiger charge is -2.28. The van der Waals surface area contributed by atoms with Gasteiger partial charge in [0.1, 0.15) is 0 Å². The minimum absolute atomic E-state index is 0.161. The van der Waals surface area contributed by atoms with Gasteiger partial charge < -0.3 is 10.6 Å². The number of nitrogens with two attached hydrogens (primary N) is 1. The molecular weight excluding hydrogens is 265 g/mol. The van der Waals surface area contributed by atoms with Crippen molar-refractivity contribution in [1.82, 2.24) is 4.90 Å². The Balaban J connectivity index is 2.66. The number of alkyl halides is 3. The van der Waals surface area contributed by atoms with E-state index in [0.29, 0.717) is 6.54 Å². The average Bonchev–Trinajstić information content (AvgIpc) is 2.25. The fourth-order valence-corrected chi connectivity index (χ4v) is 2.23. The summed E-state index contributed by atoms with van der Waals surface area (Å²) >= 11 is 0. The molecule has 1 aromatic carbocycles. The first-order valence-corrected chi connectivity index (χ1v) is 6.60. The molecule has 0 bridgehead atoms. The summed E-state index contributed by atoms with van der Waals surface area (Å²) in [6.45, 7) is 7.89. The van der Waals surface area contributed by atoms with Gasteiger partial charge in [0.2, 0.25) is 0 Å². The summed E-state index contributed by atoms with van der Waals surface area (Å²) in [6, 6.07) is 4.79. The van der Waals surface area contributed by atoms with Crippen molar-refractivity contribution in [2.75, 3.05) is 20.1 Å². The van der Waals surface area contributed by atoms with E-state index >= 15 is 0 Å². The molecule has 1 aromatic rings. The van der Waals surface area contributed by atoms with Crippen LogP contribution in [0.15, 0.2) is 24.3 Å². The Morgan fingerprint density at radius 3 is 2.00 bits per heavy atom. The Bertz CT molecular complexity index is 418. The van der Waals surface area contributed by atoms with E-state index in [-0.39, 0.29) is 11.5 Å². The average molecular weight is 288 g/mol. The first-order valence-electron chi connectivity index (χ1n) is 6.60. The number of hydrogen-bond acceptors (Lipinski definition) is 2. The van der Waals surface area contributed by atoms with Crippen LogP contribution in [0.4, 0.5) is 13.2 Å². The van der Waals surface area contributed by atoms with Gasteiger partial charge in [0.15, 0.2) is 0 Å². The lowest BCUT2D eigenvalue weighted by atomic mass is 9.96. The smallest absolute Gasteiger partial charge is 0.323 e. The van der Waals surface area contributed by atoms with Gasteiger partial charge in [0, 0.05) is 19.1 Å². The van der Waals surface area contributed by atoms with Gasteiger partial charge in [-0.05, 0) is 30.2 Å². The predicted molar refractivity (Wildman–Crippen MR) is 75.3 cm³/mol. The van der Waals surface area contributed by atoms with Crippen molar-refractivity contribution in [3.63, 3.8) is 0 Å². The summed E-state index contributed by atoms with van der Waals surface area (Å²) < 4.78 is 37.4. The van der Waals surface area contributed by atoms with E-state index in [1.165, 1.54) is 12.1 Å². The number of hydrogen-bond donors (Lipinski definition) is 1. The van der Waals surface area contributed by atoms with Gasteiger partial charge in [-0.3, -0.25) is 0 Å². The third-order valence-electron chi connectivity index (χ3n) is 2.92. The molecule has 1 unspecified atom stereocenters. The van der Waals surface area contributed by atoms with E-state index in [0.717, 1.165) is 24.2 Å². The number of benzene rings is 1. The fourth-order valence-electron chi connectivity index (χ4n) is 2.23. The first kappa shape index (κ1) is 17.0. The predicted octanol–water partition coefficient (Wildman–Crippen LogP) is 3.68. The van der Waals surface area contributed by atoms with Gasteiger partial charge in [-0.1, -0.05) is 32.9 Å². The SMILES string of the molecule is CN(CC(N)c1ccc(C(F)(F)F)cc1)CC(C)(C)C. The summed E-state index contributed by atoms with van der Waals surface area (Å²) in [5, 5.41) is 0. The van der Waals surface area contributed by atoms with Crippen LogP contribution in [0, 0.1) is 5.41 Å². The van der Waals surface area contributed by atoms with Gasteiger partial charge in [0.25, 0.3) is 0 Å². The number of likely N-dealkylation sites (N-methyl/N-ethyl adjacent to an activating group) is 1. The van der Waals surface area contributed by atoms with Crippen LogP contribution in [-0.2, 0) is 6.18 Å². The zero-order chi connectivity index (χ0) is 15.6. The van der Waals surface area contributed by atoms with E-state index in [9.17, 15) is 13.2 Å². The van der Waals surface area contributed by atoms with Crippen LogP contribution >= 0.6 is 0 Å². The molecule has 0 spiro atoms. The third-order valence-corrected chi connectivity index (χ3v) is 2.92. The molecule has 20 heavy (non-hydrogen) atoms. The molecular formula is C15H23F3N2. The first-order chi connectivity index (χ1) is 8.99. The Morgan fingerprint density at radius 2 is 1.60 bits per heavy atom. The molecule has 1 rings (SSSR count). The van der Waals surface area contributed by atoms with Crippen LogP contribution < -0.4 is 5.73 Å². The van der Waals surface area contributed by atoms with Gasteiger partial charge in [-0.2, -0.15) is 13.2 Å². The minimum Gasteiger partial charge on any atom is -0.323 e. The molecule has 5 heteroatoms. The zero-order valence-electron chi connectivity index (χ0n) is 12.5. The van der Waals surface area contributed by atoms with Gasteiger partial charge in [-0.25, -0.2) is 0 Å². The molecule has 0 saturated heterocycles. The molecule has 0 radical (unpaired) electrons. The minimum atomic E-state index is -4.30. The Labute approximate surface area is 118 Å². The van der Waals surface area contributed by atoms with Crippen molar-refractivity contribution in [3.05, 3.63) is 35.4 Å². The molecule has 0 fully saturated rings. The molecule has 1 atom stereocenters. The molecule has 0 aliphatic heterocycles.